The van der Waals surface area contributed by atoms with Crippen molar-refractivity contribution < 1.29 is 23.5 Å². The number of H-pyrrole nitrogens is 1. The van der Waals surface area contributed by atoms with Crippen molar-refractivity contribution in [2.45, 2.75) is 45.6 Å². The number of ketones is 1. The van der Waals surface area contributed by atoms with Crippen molar-refractivity contribution in [2.75, 3.05) is 25.0 Å². The van der Waals surface area contributed by atoms with E-state index in [-0.39, 0.29) is 24.4 Å². The number of fused-ring (bicyclic) bond motifs is 2. The highest BCUT2D eigenvalue weighted by molar-refractivity contribution is 6.30. The fraction of sp³-hybridized carbons (Fsp3) is 0.256. The second kappa shape index (κ2) is 14.3. The molecule has 2 aliphatic heterocycles. The summed E-state index contributed by atoms with van der Waals surface area (Å²) in [7, 11) is 0. The van der Waals surface area contributed by atoms with Crippen LogP contribution in [0.25, 0.3) is 27.5 Å². The summed E-state index contributed by atoms with van der Waals surface area (Å²) in [5.74, 6) is 0.477. The van der Waals surface area contributed by atoms with Crippen LogP contribution in [0.3, 0.4) is 0 Å². The first-order valence-corrected chi connectivity index (χ1v) is 17.5. The number of Topliss-reactive ketones (excluding diaryl/α,β-unsaturated/α-hetero) is 1. The standard InChI is InChI=1S/C39H35ClFN7O4/c1-23(49)38-30-17-25(6-9-33(30)45-46-38)39(50)42-28-8-10-35-34(19-28)43-36(48(35)20-29-13-16-51-29)21-47-14-11-24(12-15-47)32-3-2-4-37(44-32)52-22-26-5-7-27(40)18-31(26)41/h2-11,17-19,29H,12-16,20-22H2,1H3,(H,42,50)(H,45,46)/t29-/m0/s1. The SMILES string of the molecule is CC(=O)c1n[nH]c2ccc(C(=O)Nc3ccc4c(c3)nc(CN3CC=C(c5cccc(OCc6ccc(Cl)cc6F)n5)CC3)n4C[C@@H]3CCO3)cc12. The van der Waals surface area contributed by atoms with E-state index in [0.717, 1.165) is 60.7 Å². The van der Waals surface area contributed by atoms with Gasteiger partial charge in [0, 0.05) is 59.9 Å². The van der Waals surface area contributed by atoms with E-state index >= 15 is 0 Å². The molecule has 5 heterocycles. The maximum absolute atomic E-state index is 14.2. The van der Waals surface area contributed by atoms with Crippen LogP contribution in [-0.4, -0.2) is 67.1 Å². The van der Waals surface area contributed by atoms with Gasteiger partial charge in [0.2, 0.25) is 5.88 Å². The van der Waals surface area contributed by atoms with E-state index in [1.165, 1.54) is 13.0 Å². The van der Waals surface area contributed by atoms with Crippen molar-refractivity contribution >= 4 is 56.5 Å². The van der Waals surface area contributed by atoms with Gasteiger partial charge in [0.15, 0.2) is 5.78 Å². The van der Waals surface area contributed by atoms with Crippen LogP contribution < -0.4 is 10.1 Å². The molecule has 0 bridgehead atoms. The third-order valence-corrected chi connectivity index (χ3v) is 9.76. The quantitative estimate of drug-likeness (QED) is 0.135. The fourth-order valence-electron chi connectivity index (χ4n) is 6.59. The number of anilines is 1. The van der Waals surface area contributed by atoms with Crippen LogP contribution >= 0.6 is 11.6 Å². The lowest BCUT2D eigenvalue weighted by Gasteiger charge is -2.29. The van der Waals surface area contributed by atoms with Crippen molar-refractivity contribution in [3.05, 3.63) is 118 Å². The zero-order valence-electron chi connectivity index (χ0n) is 28.4. The van der Waals surface area contributed by atoms with Gasteiger partial charge in [-0.25, -0.2) is 14.4 Å². The van der Waals surface area contributed by atoms with Crippen molar-refractivity contribution in [1.29, 1.82) is 0 Å². The summed E-state index contributed by atoms with van der Waals surface area (Å²) < 4.78 is 28.1. The number of nitrogens with zero attached hydrogens (tertiary/aromatic N) is 5. The molecule has 1 fully saturated rings. The number of imidazole rings is 1. The first kappa shape index (κ1) is 33.7. The lowest BCUT2D eigenvalue weighted by Crippen LogP contribution is -2.33. The van der Waals surface area contributed by atoms with Gasteiger partial charge in [-0.1, -0.05) is 29.8 Å². The Hall–Kier alpha value is -5.43. The molecule has 3 aromatic heterocycles. The number of pyridine rings is 1. The van der Waals surface area contributed by atoms with Gasteiger partial charge in [-0.05, 0) is 73.0 Å². The Morgan fingerprint density at radius 2 is 1.98 bits per heavy atom. The second-order valence-electron chi connectivity index (χ2n) is 13.1. The number of hydrogen-bond donors (Lipinski definition) is 2. The Kier molecular flexibility index (Phi) is 9.27. The van der Waals surface area contributed by atoms with Crippen LogP contribution in [0.4, 0.5) is 10.1 Å². The van der Waals surface area contributed by atoms with Gasteiger partial charge >= 0.3 is 0 Å². The number of ether oxygens (including phenoxy) is 2. The lowest BCUT2D eigenvalue weighted by molar-refractivity contribution is -0.0591. The number of carbonyl (C=O) groups is 2. The van der Waals surface area contributed by atoms with Crippen molar-refractivity contribution in [2.24, 2.45) is 0 Å². The highest BCUT2D eigenvalue weighted by Gasteiger charge is 2.24. The fourth-order valence-corrected chi connectivity index (χ4v) is 6.75. The molecule has 11 nitrogen and oxygen atoms in total. The molecule has 1 amide bonds. The minimum absolute atomic E-state index is 0.0539. The van der Waals surface area contributed by atoms with E-state index in [1.807, 2.05) is 30.3 Å². The molecule has 0 radical (unpaired) electrons. The average Bonchev–Trinajstić information content (AvgIpc) is 3.70. The highest BCUT2D eigenvalue weighted by Crippen LogP contribution is 2.28. The van der Waals surface area contributed by atoms with E-state index in [0.29, 0.717) is 57.4 Å². The molecular weight excluding hydrogens is 685 g/mol. The predicted molar refractivity (Wildman–Crippen MR) is 196 cm³/mol. The molecule has 1 saturated heterocycles. The highest BCUT2D eigenvalue weighted by atomic mass is 35.5. The van der Waals surface area contributed by atoms with Gasteiger partial charge in [-0.2, -0.15) is 5.10 Å². The van der Waals surface area contributed by atoms with Crippen LogP contribution in [0, 0.1) is 5.82 Å². The van der Waals surface area contributed by atoms with Gasteiger partial charge in [0.25, 0.3) is 5.91 Å². The van der Waals surface area contributed by atoms with Crippen LogP contribution in [-0.2, 0) is 24.4 Å². The lowest BCUT2D eigenvalue weighted by atomic mass is 10.0. The molecule has 3 aromatic carbocycles. The Morgan fingerprint density at radius 1 is 1.10 bits per heavy atom. The van der Waals surface area contributed by atoms with Gasteiger partial charge in [-0.15, -0.1) is 0 Å². The first-order valence-electron chi connectivity index (χ1n) is 17.1. The van der Waals surface area contributed by atoms with E-state index in [2.05, 4.69) is 31.1 Å². The number of aromatic amines is 1. The van der Waals surface area contributed by atoms with Crippen LogP contribution in [0.5, 0.6) is 5.88 Å². The number of carbonyl (C=O) groups excluding carboxylic acids is 2. The molecule has 264 valence electrons. The second-order valence-corrected chi connectivity index (χ2v) is 13.5. The predicted octanol–water partition coefficient (Wildman–Crippen LogP) is 7.21. The molecule has 52 heavy (non-hydrogen) atoms. The Bertz CT molecular complexity index is 2370. The largest absolute Gasteiger partial charge is 0.473 e. The van der Waals surface area contributed by atoms with Gasteiger partial charge in [-0.3, -0.25) is 19.6 Å². The minimum atomic E-state index is -0.412. The average molecular weight is 720 g/mol. The van der Waals surface area contributed by atoms with Gasteiger partial charge < -0.3 is 19.4 Å². The normalized spacial score (nSPS) is 16.1. The molecule has 0 saturated carbocycles. The third kappa shape index (κ3) is 7.05. The number of aromatic nitrogens is 5. The van der Waals surface area contributed by atoms with Gasteiger partial charge in [0.1, 0.15) is 23.9 Å². The number of benzene rings is 3. The summed E-state index contributed by atoms with van der Waals surface area (Å²) in [6.07, 6.45) is 4.12. The first-order chi connectivity index (χ1) is 25.3. The summed E-state index contributed by atoms with van der Waals surface area (Å²) in [6, 6.07) is 21.0. The molecule has 6 aromatic rings. The molecule has 1 atom stereocenters. The van der Waals surface area contributed by atoms with Crippen LogP contribution in [0.2, 0.25) is 5.02 Å². The maximum Gasteiger partial charge on any atom is 0.255 e. The number of halogens is 2. The monoisotopic (exact) mass is 719 g/mol. The number of nitrogens with one attached hydrogen (secondary N) is 2. The molecule has 2 N–H and O–H groups in total. The van der Waals surface area contributed by atoms with E-state index in [9.17, 15) is 14.0 Å². The number of hydrogen-bond acceptors (Lipinski definition) is 8. The Labute approximate surface area is 303 Å². The molecule has 0 spiro atoms. The van der Waals surface area contributed by atoms with Crippen LogP contribution in [0.1, 0.15) is 57.7 Å². The molecule has 2 aliphatic rings. The summed E-state index contributed by atoms with van der Waals surface area (Å²) in [5.41, 5.74) is 6.17. The number of amides is 1. The topological polar surface area (TPSA) is 127 Å². The summed E-state index contributed by atoms with van der Waals surface area (Å²) in [5, 5.41) is 10.9. The van der Waals surface area contributed by atoms with E-state index in [4.69, 9.17) is 31.0 Å². The number of rotatable bonds is 11. The zero-order valence-corrected chi connectivity index (χ0v) is 29.1. The third-order valence-electron chi connectivity index (χ3n) is 9.52. The van der Waals surface area contributed by atoms with Crippen molar-refractivity contribution in [3.63, 3.8) is 0 Å². The molecule has 0 aliphatic carbocycles. The molecule has 13 heteroatoms. The molecule has 8 rings (SSSR count). The molecule has 0 unspecified atom stereocenters. The Balaban J connectivity index is 0.965. The maximum atomic E-state index is 14.2. The van der Waals surface area contributed by atoms with E-state index < -0.39 is 5.82 Å². The summed E-state index contributed by atoms with van der Waals surface area (Å²) in [6.45, 7) is 5.13. The van der Waals surface area contributed by atoms with Crippen LogP contribution in [0.15, 0.2) is 78.9 Å². The zero-order chi connectivity index (χ0) is 35.8. The Morgan fingerprint density at radius 3 is 2.75 bits per heavy atom. The van der Waals surface area contributed by atoms with Crippen molar-refractivity contribution in [3.8, 4) is 5.88 Å². The minimum Gasteiger partial charge on any atom is -0.473 e. The summed E-state index contributed by atoms with van der Waals surface area (Å²) in [4.78, 5) is 37.4. The van der Waals surface area contributed by atoms with E-state index in [1.54, 1.807) is 36.4 Å². The van der Waals surface area contributed by atoms with Gasteiger partial charge in [0.05, 0.1) is 41.4 Å². The molecular formula is C39H35ClFN7O4. The van der Waals surface area contributed by atoms with Crippen molar-refractivity contribution in [1.82, 2.24) is 29.6 Å². The summed E-state index contributed by atoms with van der Waals surface area (Å²) >= 11 is 5.87. The smallest absolute Gasteiger partial charge is 0.255 e.